The van der Waals surface area contributed by atoms with Crippen LogP contribution >= 0.6 is 11.9 Å². The summed E-state index contributed by atoms with van der Waals surface area (Å²) in [6, 6.07) is 24.5. The molecule has 0 bridgehead atoms. The monoisotopic (exact) mass is 278 g/mol. The minimum absolute atomic E-state index is 0.987. The van der Waals surface area contributed by atoms with Crippen LogP contribution in [0.4, 0.5) is 5.69 Å². The van der Waals surface area contributed by atoms with Gasteiger partial charge in [0.25, 0.3) is 0 Å². The molecule has 0 unspecified atom stereocenters. The van der Waals surface area contributed by atoms with Crippen molar-refractivity contribution >= 4 is 17.6 Å². The summed E-state index contributed by atoms with van der Waals surface area (Å²) >= 11 is 1.59. The van der Waals surface area contributed by atoms with Crippen LogP contribution in [0.5, 0.6) is 0 Å². The van der Waals surface area contributed by atoms with Gasteiger partial charge in [-0.15, -0.1) is 0 Å². The molecule has 0 aliphatic heterocycles. The summed E-state index contributed by atoms with van der Waals surface area (Å²) in [6.07, 6.45) is 1.86. The number of hydrogen-bond acceptors (Lipinski definition) is 3. The van der Waals surface area contributed by atoms with Crippen molar-refractivity contribution in [1.29, 1.82) is 0 Å². The third-order valence-corrected chi connectivity index (χ3v) is 3.71. The van der Waals surface area contributed by atoms with Crippen LogP contribution in [0.3, 0.4) is 0 Å². The quantitative estimate of drug-likeness (QED) is 0.689. The maximum absolute atomic E-state index is 4.49. The highest BCUT2D eigenvalue weighted by atomic mass is 32.2. The number of pyridine rings is 1. The Morgan fingerprint density at radius 3 is 2.10 bits per heavy atom. The van der Waals surface area contributed by atoms with Gasteiger partial charge in [0.15, 0.2) is 0 Å². The van der Waals surface area contributed by atoms with Crippen LogP contribution in [0.2, 0.25) is 0 Å². The zero-order chi connectivity index (χ0) is 13.6. The van der Waals surface area contributed by atoms with Gasteiger partial charge in [-0.25, -0.2) is 0 Å². The Kier molecular flexibility index (Phi) is 3.99. The lowest BCUT2D eigenvalue weighted by Gasteiger charge is -2.06. The molecule has 3 aromatic rings. The normalized spacial score (nSPS) is 10.2. The highest BCUT2D eigenvalue weighted by Gasteiger charge is 1.99. The van der Waals surface area contributed by atoms with E-state index in [2.05, 4.69) is 34.0 Å². The molecular weight excluding hydrogens is 264 g/mol. The van der Waals surface area contributed by atoms with Crippen molar-refractivity contribution in [3.8, 4) is 11.3 Å². The Bertz CT molecular complexity index is 652. The fourth-order valence-corrected chi connectivity index (χ4v) is 2.49. The van der Waals surface area contributed by atoms with Crippen molar-refractivity contribution in [3.05, 3.63) is 79.0 Å². The molecule has 1 N–H and O–H groups in total. The number of nitrogens with zero attached hydrogens (tertiary/aromatic N) is 1. The molecule has 0 radical (unpaired) electrons. The topological polar surface area (TPSA) is 24.9 Å². The van der Waals surface area contributed by atoms with Crippen LogP contribution in [-0.2, 0) is 0 Å². The lowest BCUT2D eigenvalue weighted by molar-refractivity contribution is 1.33. The fourth-order valence-electron chi connectivity index (χ4n) is 1.84. The van der Waals surface area contributed by atoms with Gasteiger partial charge in [-0.1, -0.05) is 48.5 Å². The first-order valence-electron chi connectivity index (χ1n) is 6.41. The van der Waals surface area contributed by atoms with Crippen LogP contribution in [-0.4, -0.2) is 4.98 Å². The average Bonchev–Trinajstić information content (AvgIpc) is 2.55. The summed E-state index contributed by atoms with van der Waals surface area (Å²) in [5, 5.41) is 0. The Balaban J connectivity index is 1.68. The predicted octanol–water partition coefficient (Wildman–Crippen LogP) is 4.87. The van der Waals surface area contributed by atoms with E-state index in [4.69, 9.17) is 0 Å². The van der Waals surface area contributed by atoms with E-state index in [1.54, 1.807) is 11.9 Å². The summed E-state index contributed by atoms with van der Waals surface area (Å²) in [5.41, 5.74) is 3.12. The lowest BCUT2D eigenvalue weighted by Crippen LogP contribution is -1.89. The fraction of sp³-hybridized carbons (Fsp3) is 0. The molecule has 0 atom stereocenters. The van der Waals surface area contributed by atoms with Crippen LogP contribution in [0, 0.1) is 0 Å². The maximum atomic E-state index is 4.49. The molecule has 0 aliphatic rings. The minimum Gasteiger partial charge on any atom is -0.324 e. The van der Waals surface area contributed by atoms with Crippen LogP contribution in [0.25, 0.3) is 11.3 Å². The molecule has 20 heavy (non-hydrogen) atoms. The standard InChI is InChI=1S/C17H14N2S/c1-3-7-14(8-4-1)17-12-11-15(13-18-17)19-20-16-9-5-2-6-10-16/h1-13,19H. The molecule has 0 saturated heterocycles. The number of nitrogens with one attached hydrogen (secondary N) is 1. The second-order valence-electron chi connectivity index (χ2n) is 4.32. The zero-order valence-electron chi connectivity index (χ0n) is 10.9. The number of anilines is 1. The molecule has 0 fully saturated rings. The van der Waals surface area contributed by atoms with E-state index in [1.807, 2.05) is 54.7 Å². The Morgan fingerprint density at radius 1 is 0.750 bits per heavy atom. The van der Waals surface area contributed by atoms with Gasteiger partial charge in [0.05, 0.1) is 17.6 Å². The van der Waals surface area contributed by atoms with Crippen LogP contribution in [0.15, 0.2) is 83.9 Å². The third kappa shape index (κ3) is 3.19. The van der Waals surface area contributed by atoms with E-state index in [-0.39, 0.29) is 0 Å². The molecular formula is C17H14N2S. The first-order chi connectivity index (χ1) is 9.92. The van der Waals surface area contributed by atoms with Crippen molar-refractivity contribution in [3.63, 3.8) is 0 Å². The summed E-state index contributed by atoms with van der Waals surface area (Å²) in [5.74, 6) is 0. The predicted molar refractivity (Wildman–Crippen MR) is 85.6 cm³/mol. The number of benzene rings is 2. The molecule has 1 heterocycles. The van der Waals surface area contributed by atoms with Gasteiger partial charge in [0.2, 0.25) is 0 Å². The SMILES string of the molecule is c1ccc(SNc2ccc(-c3ccccc3)nc2)cc1. The number of hydrogen-bond donors (Lipinski definition) is 1. The van der Waals surface area contributed by atoms with E-state index >= 15 is 0 Å². The first kappa shape index (κ1) is 12.8. The minimum atomic E-state index is 0.987. The van der Waals surface area contributed by atoms with E-state index in [1.165, 1.54) is 4.90 Å². The van der Waals surface area contributed by atoms with Gasteiger partial charge in [-0.05, 0) is 36.2 Å². The summed E-state index contributed by atoms with van der Waals surface area (Å²) in [7, 11) is 0. The molecule has 2 aromatic carbocycles. The average molecular weight is 278 g/mol. The lowest BCUT2D eigenvalue weighted by atomic mass is 10.1. The molecule has 0 saturated carbocycles. The molecule has 0 aliphatic carbocycles. The second kappa shape index (κ2) is 6.26. The molecule has 0 spiro atoms. The highest BCUT2D eigenvalue weighted by molar-refractivity contribution is 8.00. The van der Waals surface area contributed by atoms with E-state index < -0.39 is 0 Å². The van der Waals surface area contributed by atoms with E-state index in [0.29, 0.717) is 0 Å². The Labute approximate surface area is 123 Å². The number of rotatable bonds is 4. The Morgan fingerprint density at radius 2 is 1.45 bits per heavy atom. The molecule has 2 nitrogen and oxygen atoms in total. The maximum Gasteiger partial charge on any atom is 0.0703 e. The van der Waals surface area contributed by atoms with Crippen molar-refractivity contribution in [2.45, 2.75) is 4.90 Å². The second-order valence-corrected chi connectivity index (χ2v) is 5.19. The van der Waals surface area contributed by atoms with Gasteiger partial charge in [0, 0.05) is 10.5 Å². The van der Waals surface area contributed by atoms with Crippen molar-refractivity contribution in [1.82, 2.24) is 4.98 Å². The largest absolute Gasteiger partial charge is 0.324 e. The zero-order valence-corrected chi connectivity index (χ0v) is 11.7. The van der Waals surface area contributed by atoms with E-state index in [9.17, 15) is 0 Å². The first-order valence-corrected chi connectivity index (χ1v) is 7.23. The molecule has 3 heteroatoms. The van der Waals surface area contributed by atoms with Gasteiger partial charge < -0.3 is 4.72 Å². The molecule has 3 rings (SSSR count). The molecule has 0 amide bonds. The van der Waals surface area contributed by atoms with Gasteiger partial charge in [0.1, 0.15) is 0 Å². The summed E-state index contributed by atoms with van der Waals surface area (Å²) in [4.78, 5) is 5.67. The highest BCUT2D eigenvalue weighted by Crippen LogP contribution is 2.22. The van der Waals surface area contributed by atoms with Crippen LogP contribution in [0.1, 0.15) is 0 Å². The molecule has 98 valence electrons. The van der Waals surface area contributed by atoms with Gasteiger partial charge >= 0.3 is 0 Å². The van der Waals surface area contributed by atoms with Crippen molar-refractivity contribution in [2.24, 2.45) is 0 Å². The summed E-state index contributed by atoms with van der Waals surface area (Å²) < 4.78 is 3.29. The Hall–Kier alpha value is -2.26. The third-order valence-electron chi connectivity index (χ3n) is 2.86. The van der Waals surface area contributed by atoms with Crippen LogP contribution < -0.4 is 4.72 Å². The van der Waals surface area contributed by atoms with Gasteiger partial charge in [-0.2, -0.15) is 0 Å². The smallest absolute Gasteiger partial charge is 0.0703 e. The van der Waals surface area contributed by atoms with Crippen molar-refractivity contribution in [2.75, 3.05) is 4.72 Å². The number of aromatic nitrogens is 1. The van der Waals surface area contributed by atoms with Crippen molar-refractivity contribution < 1.29 is 0 Å². The van der Waals surface area contributed by atoms with Gasteiger partial charge in [-0.3, -0.25) is 4.98 Å². The van der Waals surface area contributed by atoms with E-state index in [0.717, 1.165) is 16.9 Å². The summed E-state index contributed by atoms with van der Waals surface area (Å²) in [6.45, 7) is 0. The molecule has 1 aromatic heterocycles.